The van der Waals surface area contributed by atoms with Gasteiger partial charge in [0.25, 0.3) is 5.69 Å². The number of non-ortho nitro benzene ring substituents is 1. The maximum Gasteiger partial charge on any atom is 0.269 e. The van der Waals surface area contributed by atoms with E-state index in [0.717, 1.165) is 19.3 Å². The Bertz CT molecular complexity index is 673. The molecule has 0 aliphatic carbocycles. The van der Waals surface area contributed by atoms with E-state index in [1.54, 1.807) is 13.8 Å². The average molecular weight is 327 g/mol. The number of rotatable bonds is 4. The Hall–Kier alpha value is -1.51. The van der Waals surface area contributed by atoms with E-state index in [2.05, 4.69) is 0 Å². The molecule has 1 saturated heterocycles. The maximum atomic E-state index is 12.9. The van der Waals surface area contributed by atoms with Crippen LogP contribution in [0.25, 0.3) is 0 Å². The number of piperidine rings is 1. The molecule has 22 heavy (non-hydrogen) atoms. The van der Waals surface area contributed by atoms with E-state index in [4.69, 9.17) is 5.73 Å². The molecule has 1 aliphatic heterocycles. The van der Waals surface area contributed by atoms with Crippen molar-refractivity contribution in [3.8, 4) is 0 Å². The highest BCUT2D eigenvalue weighted by atomic mass is 32.2. The molecule has 7 nitrogen and oxygen atoms in total. The molecule has 0 amide bonds. The normalized spacial score (nSPS) is 21.5. The number of nitrogens with zero attached hydrogens (tertiary/aromatic N) is 2. The zero-order valence-electron chi connectivity index (χ0n) is 12.7. The molecule has 2 N–H and O–H groups in total. The van der Waals surface area contributed by atoms with E-state index in [0.29, 0.717) is 12.1 Å². The van der Waals surface area contributed by atoms with Crippen molar-refractivity contribution in [2.24, 2.45) is 5.73 Å². The first-order valence-electron chi connectivity index (χ1n) is 7.27. The van der Waals surface area contributed by atoms with Crippen LogP contribution in [0.2, 0.25) is 0 Å². The number of nitrogens with two attached hydrogens (primary N) is 1. The summed E-state index contributed by atoms with van der Waals surface area (Å²) in [4.78, 5) is 10.4. The van der Waals surface area contributed by atoms with Gasteiger partial charge in [-0.15, -0.1) is 0 Å². The molecule has 1 aromatic rings. The lowest BCUT2D eigenvalue weighted by Crippen LogP contribution is -2.51. The molecule has 8 heteroatoms. The summed E-state index contributed by atoms with van der Waals surface area (Å²) in [7, 11) is -3.70. The highest BCUT2D eigenvalue weighted by molar-refractivity contribution is 7.89. The Labute approximate surface area is 130 Å². The SMILES string of the molecule is Cc1cc([N+](=O)[O-])ccc1S(=O)(=O)N1CCCCC1C(C)N. The summed E-state index contributed by atoms with van der Waals surface area (Å²) < 4.78 is 27.3. The lowest BCUT2D eigenvalue weighted by molar-refractivity contribution is -0.385. The maximum absolute atomic E-state index is 12.9. The van der Waals surface area contributed by atoms with Crippen molar-refractivity contribution in [3.05, 3.63) is 33.9 Å². The van der Waals surface area contributed by atoms with E-state index >= 15 is 0 Å². The molecule has 0 bridgehead atoms. The first-order chi connectivity index (χ1) is 10.2. The number of benzene rings is 1. The van der Waals surface area contributed by atoms with Crippen LogP contribution in [0.5, 0.6) is 0 Å². The molecule has 1 heterocycles. The van der Waals surface area contributed by atoms with Crippen molar-refractivity contribution >= 4 is 15.7 Å². The summed E-state index contributed by atoms with van der Waals surface area (Å²) in [5, 5.41) is 10.8. The second-order valence-corrected chi connectivity index (χ2v) is 7.60. The quantitative estimate of drug-likeness (QED) is 0.670. The van der Waals surface area contributed by atoms with Crippen molar-refractivity contribution < 1.29 is 13.3 Å². The van der Waals surface area contributed by atoms with Gasteiger partial charge in [-0.2, -0.15) is 4.31 Å². The molecule has 122 valence electrons. The summed E-state index contributed by atoms with van der Waals surface area (Å²) in [6, 6.07) is 3.35. The first kappa shape index (κ1) is 16.9. The molecule has 2 atom stereocenters. The predicted molar refractivity (Wildman–Crippen MR) is 83.0 cm³/mol. The van der Waals surface area contributed by atoms with Crippen LogP contribution in [0, 0.1) is 17.0 Å². The fourth-order valence-corrected chi connectivity index (χ4v) is 4.90. The smallest absolute Gasteiger partial charge is 0.269 e. The molecule has 0 saturated carbocycles. The lowest BCUT2D eigenvalue weighted by atomic mass is 10.00. The molecule has 2 unspecified atom stereocenters. The monoisotopic (exact) mass is 327 g/mol. The summed E-state index contributed by atoms with van der Waals surface area (Å²) >= 11 is 0. The molecule has 1 aromatic carbocycles. The third kappa shape index (κ3) is 3.13. The molecular weight excluding hydrogens is 306 g/mol. The van der Waals surface area contributed by atoms with E-state index in [1.807, 2.05) is 0 Å². The van der Waals surface area contributed by atoms with Gasteiger partial charge < -0.3 is 5.73 Å². The van der Waals surface area contributed by atoms with Crippen LogP contribution in [-0.4, -0.2) is 36.3 Å². The summed E-state index contributed by atoms with van der Waals surface area (Å²) in [6.45, 7) is 3.82. The van der Waals surface area contributed by atoms with Gasteiger partial charge in [-0.05, 0) is 38.3 Å². The van der Waals surface area contributed by atoms with Gasteiger partial charge in [0.15, 0.2) is 0 Å². The molecule has 0 spiro atoms. The number of aryl methyl sites for hydroxylation is 1. The number of hydrogen-bond acceptors (Lipinski definition) is 5. The highest BCUT2D eigenvalue weighted by Crippen LogP contribution is 2.29. The van der Waals surface area contributed by atoms with Gasteiger partial charge in [0.1, 0.15) is 0 Å². The fraction of sp³-hybridized carbons (Fsp3) is 0.571. The summed E-state index contributed by atoms with van der Waals surface area (Å²) in [5.74, 6) is 0. The molecule has 1 fully saturated rings. The van der Waals surface area contributed by atoms with Crippen LogP contribution in [0.3, 0.4) is 0 Å². The second kappa shape index (κ2) is 6.31. The molecule has 1 aliphatic rings. The van der Waals surface area contributed by atoms with Gasteiger partial charge in [-0.1, -0.05) is 6.42 Å². The third-order valence-electron chi connectivity index (χ3n) is 4.06. The van der Waals surface area contributed by atoms with Gasteiger partial charge in [0.05, 0.1) is 9.82 Å². The van der Waals surface area contributed by atoms with Gasteiger partial charge in [-0.3, -0.25) is 10.1 Å². The largest absolute Gasteiger partial charge is 0.326 e. The number of sulfonamides is 1. The van der Waals surface area contributed by atoms with Gasteiger partial charge in [-0.25, -0.2) is 8.42 Å². The van der Waals surface area contributed by atoms with Crippen LogP contribution in [-0.2, 0) is 10.0 Å². The van der Waals surface area contributed by atoms with Crippen LogP contribution >= 0.6 is 0 Å². The van der Waals surface area contributed by atoms with E-state index in [1.165, 1.54) is 22.5 Å². The molecule has 2 rings (SSSR count). The number of nitro benzene ring substituents is 1. The van der Waals surface area contributed by atoms with Crippen molar-refractivity contribution in [2.75, 3.05) is 6.54 Å². The highest BCUT2D eigenvalue weighted by Gasteiger charge is 2.36. The molecule has 0 radical (unpaired) electrons. The minimum atomic E-state index is -3.70. The third-order valence-corrected chi connectivity index (χ3v) is 6.15. The van der Waals surface area contributed by atoms with Crippen LogP contribution in [0.4, 0.5) is 5.69 Å². The van der Waals surface area contributed by atoms with Gasteiger partial charge >= 0.3 is 0 Å². The van der Waals surface area contributed by atoms with Crippen molar-refractivity contribution in [1.29, 1.82) is 0 Å². The van der Waals surface area contributed by atoms with Crippen LogP contribution in [0.1, 0.15) is 31.7 Å². The van der Waals surface area contributed by atoms with E-state index < -0.39 is 14.9 Å². The topological polar surface area (TPSA) is 107 Å². The minimum absolute atomic E-state index is 0.112. The minimum Gasteiger partial charge on any atom is -0.326 e. The molecule has 0 aromatic heterocycles. The summed E-state index contributed by atoms with van der Waals surface area (Å²) in [6.07, 6.45) is 2.49. The predicted octanol–water partition coefficient (Wildman–Crippen LogP) is 1.79. The Kier molecular flexibility index (Phi) is 4.84. The van der Waals surface area contributed by atoms with E-state index in [-0.39, 0.29) is 22.7 Å². The van der Waals surface area contributed by atoms with Crippen LogP contribution in [0.15, 0.2) is 23.1 Å². The standard InChI is InChI=1S/C14H21N3O4S/c1-10-9-12(17(18)19)6-7-14(10)22(20,21)16-8-4-3-5-13(16)11(2)15/h6-7,9,11,13H,3-5,8,15H2,1-2H3. The first-order valence-corrected chi connectivity index (χ1v) is 8.71. The fourth-order valence-electron chi connectivity index (χ4n) is 2.92. The van der Waals surface area contributed by atoms with Gasteiger partial charge in [0.2, 0.25) is 10.0 Å². The second-order valence-electron chi connectivity index (χ2n) is 5.74. The number of nitro groups is 1. The average Bonchev–Trinajstić information content (AvgIpc) is 2.46. The Morgan fingerprint density at radius 2 is 2.09 bits per heavy atom. The van der Waals surface area contributed by atoms with Crippen molar-refractivity contribution in [3.63, 3.8) is 0 Å². The molecular formula is C14H21N3O4S. The van der Waals surface area contributed by atoms with Crippen LogP contribution < -0.4 is 5.73 Å². The Balaban J connectivity index is 2.43. The summed E-state index contributed by atoms with van der Waals surface area (Å²) in [5.41, 5.74) is 6.20. The van der Waals surface area contributed by atoms with Crippen molar-refractivity contribution in [2.45, 2.75) is 50.1 Å². The van der Waals surface area contributed by atoms with Gasteiger partial charge in [0, 0.05) is 30.8 Å². The lowest BCUT2D eigenvalue weighted by Gasteiger charge is -2.37. The zero-order chi connectivity index (χ0) is 16.5. The Morgan fingerprint density at radius 1 is 1.41 bits per heavy atom. The zero-order valence-corrected chi connectivity index (χ0v) is 13.5. The Morgan fingerprint density at radius 3 is 2.64 bits per heavy atom. The van der Waals surface area contributed by atoms with E-state index in [9.17, 15) is 18.5 Å². The number of hydrogen-bond donors (Lipinski definition) is 1. The van der Waals surface area contributed by atoms with Crippen molar-refractivity contribution in [1.82, 2.24) is 4.31 Å².